The van der Waals surface area contributed by atoms with Crippen LogP contribution in [-0.4, -0.2) is 29.4 Å². The van der Waals surface area contributed by atoms with Crippen molar-refractivity contribution in [1.82, 2.24) is 4.90 Å². The molecule has 1 fully saturated rings. The van der Waals surface area contributed by atoms with Crippen LogP contribution in [0.2, 0.25) is 0 Å². The number of nitrogens with one attached hydrogen (secondary N) is 1. The zero-order valence-corrected chi connectivity index (χ0v) is 12.6. The Morgan fingerprint density at radius 1 is 1.45 bits per heavy atom. The van der Waals surface area contributed by atoms with Crippen LogP contribution in [0.1, 0.15) is 38.7 Å². The van der Waals surface area contributed by atoms with Crippen LogP contribution in [0, 0.1) is 6.92 Å². The number of likely N-dealkylation sites (tertiary alicyclic amines) is 1. The fraction of sp³-hybridized carbons (Fsp3) is 0.562. The molecule has 4 heteroatoms. The molecule has 1 aliphatic rings. The van der Waals surface area contributed by atoms with E-state index in [4.69, 9.17) is 5.73 Å². The second kappa shape index (κ2) is 6.27. The lowest BCUT2D eigenvalue weighted by Gasteiger charge is -2.27. The molecular formula is C16H25N3O. The second-order valence-corrected chi connectivity index (χ2v) is 5.73. The van der Waals surface area contributed by atoms with Crippen LogP contribution in [0.4, 0.5) is 11.4 Å². The normalized spacial score (nSPS) is 22.9. The minimum absolute atomic E-state index is 0.0471. The third kappa shape index (κ3) is 3.12. The lowest BCUT2D eigenvalue weighted by molar-refractivity contribution is -0.118. The summed E-state index contributed by atoms with van der Waals surface area (Å²) in [6.45, 7) is 6.79. The summed E-state index contributed by atoms with van der Waals surface area (Å²) in [5.74, 6) is 0.0471. The van der Waals surface area contributed by atoms with Crippen molar-refractivity contribution in [2.45, 2.75) is 52.1 Å². The Kier molecular flexibility index (Phi) is 4.65. The molecule has 0 radical (unpaired) electrons. The van der Waals surface area contributed by atoms with E-state index in [1.807, 2.05) is 25.1 Å². The van der Waals surface area contributed by atoms with Gasteiger partial charge in [-0.25, -0.2) is 0 Å². The molecule has 2 unspecified atom stereocenters. The molecule has 3 N–H and O–H groups in total. The summed E-state index contributed by atoms with van der Waals surface area (Å²) >= 11 is 0. The predicted octanol–water partition coefficient (Wildman–Crippen LogP) is 2.78. The summed E-state index contributed by atoms with van der Waals surface area (Å²) in [5, 5.41) is 2.98. The van der Waals surface area contributed by atoms with Crippen LogP contribution in [0.15, 0.2) is 18.2 Å². The number of carbonyl (C=O) groups excluding carboxylic acids is 1. The van der Waals surface area contributed by atoms with Crippen molar-refractivity contribution >= 4 is 17.3 Å². The largest absolute Gasteiger partial charge is 0.398 e. The Bertz CT molecular complexity index is 487. The number of hydrogen-bond donors (Lipinski definition) is 2. The van der Waals surface area contributed by atoms with E-state index in [-0.39, 0.29) is 5.91 Å². The van der Waals surface area contributed by atoms with E-state index in [2.05, 4.69) is 24.1 Å². The van der Waals surface area contributed by atoms with Crippen molar-refractivity contribution in [3.05, 3.63) is 23.8 Å². The van der Waals surface area contributed by atoms with Crippen LogP contribution in [0.5, 0.6) is 0 Å². The van der Waals surface area contributed by atoms with E-state index in [1.165, 1.54) is 12.8 Å². The molecule has 1 heterocycles. The van der Waals surface area contributed by atoms with Gasteiger partial charge in [-0.15, -0.1) is 0 Å². The van der Waals surface area contributed by atoms with E-state index in [9.17, 15) is 4.79 Å². The third-order valence-electron chi connectivity index (χ3n) is 4.40. The van der Waals surface area contributed by atoms with Gasteiger partial charge in [0.05, 0.1) is 6.54 Å². The molecule has 2 atom stereocenters. The third-order valence-corrected chi connectivity index (χ3v) is 4.40. The zero-order chi connectivity index (χ0) is 14.7. The summed E-state index contributed by atoms with van der Waals surface area (Å²) < 4.78 is 0. The number of nitrogens with two attached hydrogens (primary N) is 1. The van der Waals surface area contributed by atoms with Gasteiger partial charge in [-0.05, 0) is 50.8 Å². The number of benzene rings is 1. The number of carbonyl (C=O) groups is 1. The highest BCUT2D eigenvalue weighted by molar-refractivity contribution is 5.93. The Morgan fingerprint density at radius 2 is 2.20 bits per heavy atom. The highest BCUT2D eigenvalue weighted by Gasteiger charge is 2.30. The van der Waals surface area contributed by atoms with Gasteiger partial charge in [-0.1, -0.05) is 13.0 Å². The van der Waals surface area contributed by atoms with Gasteiger partial charge in [-0.2, -0.15) is 0 Å². The maximum atomic E-state index is 12.2. The van der Waals surface area contributed by atoms with Crippen molar-refractivity contribution in [2.75, 3.05) is 17.6 Å². The fourth-order valence-corrected chi connectivity index (χ4v) is 2.99. The molecule has 1 saturated heterocycles. The first-order valence-electron chi connectivity index (χ1n) is 7.43. The van der Waals surface area contributed by atoms with Gasteiger partial charge in [0, 0.05) is 23.5 Å². The average molecular weight is 275 g/mol. The fourth-order valence-electron chi connectivity index (χ4n) is 2.99. The minimum Gasteiger partial charge on any atom is -0.398 e. The first-order chi connectivity index (χ1) is 9.52. The van der Waals surface area contributed by atoms with E-state index in [1.54, 1.807) is 0 Å². The molecule has 1 aliphatic heterocycles. The zero-order valence-electron chi connectivity index (χ0n) is 12.6. The number of rotatable bonds is 4. The molecule has 110 valence electrons. The molecule has 0 bridgehead atoms. The molecular weight excluding hydrogens is 250 g/mol. The molecule has 2 rings (SSSR count). The summed E-state index contributed by atoms with van der Waals surface area (Å²) in [5.41, 5.74) is 8.32. The topological polar surface area (TPSA) is 58.4 Å². The summed E-state index contributed by atoms with van der Waals surface area (Å²) in [6, 6.07) is 6.64. The molecule has 0 saturated carbocycles. The van der Waals surface area contributed by atoms with Crippen LogP contribution < -0.4 is 11.1 Å². The number of hydrogen-bond acceptors (Lipinski definition) is 3. The van der Waals surface area contributed by atoms with Crippen molar-refractivity contribution in [2.24, 2.45) is 0 Å². The van der Waals surface area contributed by atoms with Crippen LogP contribution >= 0.6 is 0 Å². The van der Waals surface area contributed by atoms with Crippen molar-refractivity contribution in [3.8, 4) is 0 Å². The maximum absolute atomic E-state index is 12.2. The Morgan fingerprint density at radius 3 is 2.90 bits per heavy atom. The van der Waals surface area contributed by atoms with E-state index in [0.717, 1.165) is 17.7 Å². The smallest absolute Gasteiger partial charge is 0.238 e. The molecule has 0 aliphatic carbocycles. The highest BCUT2D eigenvalue weighted by atomic mass is 16.2. The summed E-state index contributed by atoms with van der Waals surface area (Å²) in [7, 11) is 0. The lowest BCUT2D eigenvalue weighted by atomic mass is 10.1. The van der Waals surface area contributed by atoms with Crippen molar-refractivity contribution in [3.63, 3.8) is 0 Å². The second-order valence-electron chi connectivity index (χ2n) is 5.73. The van der Waals surface area contributed by atoms with Gasteiger partial charge in [-0.3, -0.25) is 9.69 Å². The first kappa shape index (κ1) is 14.9. The number of amides is 1. The van der Waals surface area contributed by atoms with Crippen LogP contribution in [0.25, 0.3) is 0 Å². The van der Waals surface area contributed by atoms with Crippen molar-refractivity contribution in [1.29, 1.82) is 0 Å². The highest BCUT2D eigenvalue weighted by Crippen LogP contribution is 2.26. The molecule has 1 aromatic carbocycles. The maximum Gasteiger partial charge on any atom is 0.238 e. The Hall–Kier alpha value is -1.55. The van der Waals surface area contributed by atoms with Crippen molar-refractivity contribution < 1.29 is 4.79 Å². The van der Waals surface area contributed by atoms with Gasteiger partial charge in [0.25, 0.3) is 0 Å². The molecule has 1 amide bonds. The van der Waals surface area contributed by atoms with Crippen LogP contribution in [-0.2, 0) is 4.79 Å². The molecule has 0 aromatic heterocycles. The number of anilines is 2. The van der Waals surface area contributed by atoms with Gasteiger partial charge >= 0.3 is 0 Å². The average Bonchev–Trinajstić information content (AvgIpc) is 2.76. The predicted molar refractivity (Wildman–Crippen MR) is 83.7 cm³/mol. The first-order valence-corrected chi connectivity index (χ1v) is 7.43. The van der Waals surface area contributed by atoms with E-state index >= 15 is 0 Å². The van der Waals surface area contributed by atoms with E-state index < -0.39 is 0 Å². The minimum atomic E-state index is 0.0471. The quantitative estimate of drug-likeness (QED) is 0.831. The number of nitrogen functional groups attached to an aromatic ring is 1. The monoisotopic (exact) mass is 275 g/mol. The summed E-state index contributed by atoms with van der Waals surface area (Å²) in [6.07, 6.45) is 3.49. The molecule has 20 heavy (non-hydrogen) atoms. The lowest BCUT2D eigenvalue weighted by Crippen LogP contribution is -2.40. The molecule has 1 aromatic rings. The number of nitrogens with zero attached hydrogens (tertiary/aromatic N) is 1. The SMILES string of the molecule is CCC1CCC(C)N1CC(=O)Nc1cccc(N)c1C. The summed E-state index contributed by atoms with van der Waals surface area (Å²) in [4.78, 5) is 14.6. The van der Waals surface area contributed by atoms with Gasteiger partial charge in [0.15, 0.2) is 0 Å². The van der Waals surface area contributed by atoms with Gasteiger partial charge < -0.3 is 11.1 Å². The van der Waals surface area contributed by atoms with E-state index in [0.29, 0.717) is 24.3 Å². The Labute approximate surface area is 121 Å². The Balaban J connectivity index is 2.00. The molecule has 0 spiro atoms. The van der Waals surface area contributed by atoms with Crippen LogP contribution in [0.3, 0.4) is 0 Å². The standard InChI is InChI=1S/C16H25N3O/c1-4-13-9-8-11(2)19(13)10-16(20)18-15-7-5-6-14(17)12(15)3/h5-7,11,13H,4,8-10,17H2,1-3H3,(H,18,20). The van der Waals surface area contributed by atoms with Gasteiger partial charge in [0.1, 0.15) is 0 Å². The van der Waals surface area contributed by atoms with Gasteiger partial charge in [0.2, 0.25) is 5.91 Å². The molecule has 4 nitrogen and oxygen atoms in total.